The summed E-state index contributed by atoms with van der Waals surface area (Å²) in [4.78, 5) is 22.2. The highest BCUT2D eigenvalue weighted by atomic mass is 32.2. The molecule has 0 fully saturated rings. The van der Waals surface area contributed by atoms with Crippen LogP contribution >= 0.6 is 0 Å². The summed E-state index contributed by atoms with van der Waals surface area (Å²) < 4.78 is 110. The first-order valence-corrected chi connectivity index (χ1v) is 12.2. The highest BCUT2D eigenvalue weighted by molar-refractivity contribution is 8.07. The molecule has 0 saturated heterocycles. The number of rotatable bonds is 5. The van der Waals surface area contributed by atoms with E-state index in [2.05, 4.69) is 11.2 Å². The maximum Gasteiger partial charge on any atom is 0.515 e. The van der Waals surface area contributed by atoms with Crippen LogP contribution in [-0.2, 0) is 14.1 Å². The van der Waals surface area contributed by atoms with Gasteiger partial charge in [-0.2, -0.15) is 0 Å². The molecule has 3 aromatic carbocycles. The van der Waals surface area contributed by atoms with E-state index >= 15 is 0 Å². The second-order valence-electron chi connectivity index (χ2n) is 7.53. The van der Waals surface area contributed by atoms with Gasteiger partial charge in [-0.25, -0.2) is 22.0 Å². The van der Waals surface area contributed by atoms with E-state index in [-0.39, 0.29) is 22.8 Å². The topological polar surface area (TPSA) is 77.3 Å². The minimum Gasteiger partial charge on any atom is -0.445 e. The van der Waals surface area contributed by atoms with Gasteiger partial charge in [0.15, 0.2) is 38.4 Å². The average molecular weight is 563 g/mol. The molecule has 200 valence electrons. The highest BCUT2D eigenvalue weighted by Crippen LogP contribution is 2.21. The van der Waals surface area contributed by atoms with Gasteiger partial charge in [-0.1, -0.05) is 22.4 Å². The van der Waals surface area contributed by atoms with Crippen molar-refractivity contribution < 1.29 is 48.8 Å². The van der Waals surface area contributed by atoms with Crippen molar-refractivity contribution in [2.75, 3.05) is 12.0 Å². The van der Waals surface area contributed by atoms with Crippen LogP contribution in [0.15, 0.2) is 54.6 Å². The largest absolute Gasteiger partial charge is 0.515 e. The van der Waals surface area contributed by atoms with Crippen LogP contribution in [0.4, 0.5) is 40.6 Å². The number of hydrogen-bond donors (Lipinski definition) is 0. The van der Waals surface area contributed by atoms with E-state index in [9.17, 15) is 54.0 Å². The molecule has 0 amide bonds. The number of benzene rings is 3. The summed E-state index contributed by atoms with van der Waals surface area (Å²) in [5.41, 5.74) is -1.81. The van der Waals surface area contributed by atoms with Crippen LogP contribution in [0.1, 0.15) is 15.9 Å². The van der Waals surface area contributed by atoms with Crippen LogP contribution in [0.2, 0.25) is 0 Å². The number of Topliss-reactive ketones (excluding diaryl/α,β-unsaturated/α-hetero) is 1. The van der Waals surface area contributed by atoms with Gasteiger partial charge in [-0.3, -0.25) is 14.9 Å². The Hall–Kier alpha value is -4.06. The van der Waals surface area contributed by atoms with E-state index in [1.807, 2.05) is 18.2 Å². The lowest BCUT2D eigenvalue weighted by molar-refractivity contribution is -0.384. The number of nitro benzene ring substituents is 1. The summed E-state index contributed by atoms with van der Waals surface area (Å²) in [5, 5.41) is 13.2. The molecule has 5 nitrogen and oxygen atoms in total. The molecule has 0 aromatic heterocycles. The molecule has 38 heavy (non-hydrogen) atoms. The number of non-ortho nitro benzene ring substituents is 1. The molecule has 15 heteroatoms. The monoisotopic (exact) mass is 563 g/mol. The van der Waals surface area contributed by atoms with Crippen molar-refractivity contribution in [3.63, 3.8) is 0 Å². The zero-order valence-corrected chi connectivity index (χ0v) is 19.8. The summed E-state index contributed by atoms with van der Waals surface area (Å²) in [5.74, 6) is -11.3. The van der Waals surface area contributed by atoms with Crippen molar-refractivity contribution in [3.8, 4) is 11.2 Å². The van der Waals surface area contributed by atoms with Gasteiger partial charge in [0.1, 0.15) is 17.9 Å². The normalized spacial score (nSPS) is 12.3. The zero-order valence-electron chi connectivity index (χ0n) is 19.0. The summed E-state index contributed by atoms with van der Waals surface area (Å²) in [6.45, 7) is -6.30. The van der Waals surface area contributed by atoms with Gasteiger partial charge in [0, 0.05) is 23.3 Å². The van der Waals surface area contributed by atoms with E-state index in [4.69, 9.17) is 0 Å². The Morgan fingerprint density at radius 2 is 1.34 bits per heavy atom. The van der Waals surface area contributed by atoms with Crippen LogP contribution in [0, 0.1) is 50.4 Å². The first-order chi connectivity index (χ1) is 17.5. The van der Waals surface area contributed by atoms with Gasteiger partial charge in [0.05, 0.1) is 4.92 Å². The van der Waals surface area contributed by atoms with E-state index < -0.39 is 56.4 Å². The zero-order chi connectivity index (χ0) is 28.8. The lowest BCUT2D eigenvalue weighted by Gasteiger charge is -2.17. The minimum atomic E-state index is -6.30. The standard InChI is InChI=1S/C17H14NO4S.C6BF8/c1-23(22,12-11-14-5-3-2-4-6-14)13-17(19)15-7-9-16(10-8-15)18(20)21;8-2-1(7(13,14)15)3(9)5(11)6(12)4(2)10/h2-10H,13H2,1H3;/q+1;-1. The second kappa shape index (κ2) is 12.0. The molecule has 0 aliphatic carbocycles. The fourth-order valence-electron chi connectivity index (χ4n) is 2.74. The molecular formula is C23H14BF8NO4S. The van der Waals surface area contributed by atoms with Gasteiger partial charge in [-0.15, -0.1) is 0 Å². The van der Waals surface area contributed by atoms with Crippen LogP contribution in [0.25, 0.3) is 0 Å². The van der Waals surface area contributed by atoms with Crippen LogP contribution < -0.4 is 5.46 Å². The van der Waals surface area contributed by atoms with Crippen LogP contribution in [0.5, 0.6) is 0 Å². The van der Waals surface area contributed by atoms with Crippen LogP contribution in [0.3, 0.4) is 0 Å². The molecule has 0 N–H and O–H groups in total. The van der Waals surface area contributed by atoms with Crippen molar-refractivity contribution in [2.24, 2.45) is 0 Å². The maximum absolute atomic E-state index is 12.5. The number of halogens is 8. The molecule has 1 unspecified atom stereocenters. The number of nitrogens with zero attached hydrogens (tertiary/aromatic N) is 1. The molecule has 0 aliphatic heterocycles. The molecule has 0 radical (unpaired) electrons. The van der Waals surface area contributed by atoms with Gasteiger partial charge >= 0.3 is 6.98 Å². The molecule has 0 saturated carbocycles. The predicted molar refractivity (Wildman–Crippen MR) is 125 cm³/mol. The van der Waals surface area contributed by atoms with Crippen molar-refractivity contribution >= 4 is 33.8 Å². The third-order valence-corrected chi connectivity index (χ3v) is 5.91. The average Bonchev–Trinajstić information content (AvgIpc) is 2.85. The number of nitro groups is 1. The summed E-state index contributed by atoms with van der Waals surface area (Å²) >= 11 is 0. The van der Waals surface area contributed by atoms with Gasteiger partial charge < -0.3 is 12.9 Å². The number of carbonyl (C=O) groups is 1. The third-order valence-electron chi connectivity index (χ3n) is 4.56. The predicted octanol–water partition coefficient (Wildman–Crippen LogP) is 5.35. The molecular weight excluding hydrogens is 549 g/mol. The summed E-state index contributed by atoms with van der Waals surface area (Å²) in [7, 11) is -2.65. The van der Waals surface area contributed by atoms with Gasteiger partial charge in [0.2, 0.25) is 5.78 Å². The van der Waals surface area contributed by atoms with Crippen molar-refractivity contribution in [2.45, 2.75) is 0 Å². The summed E-state index contributed by atoms with van der Waals surface area (Å²) in [6, 6.07) is 14.3. The first-order valence-electron chi connectivity index (χ1n) is 10.1. The Bertz CT molecular complexity index is 1440. The Morgan fingerprint density at radius 1 is 0.868 bits per heavy atom. The van der Waals surface area contributed by atoms with Gasteiger partial charge in [-0.05, 0) is 35.6 Å². The number of carbonyl (C=O) groups excluding carboxylic acids is 1. The smallest absolute Gasteiger partial charge is 0.445 e. The Labute approximate surface area is 211 Å². The van der Waals surface area contributed by atoms with E-state index in [0.29, 0.717) is 0 Å². The van der Waals surface area contributed by atoms with Gasteiger partial charge in [0.25, 0.3) is 5.69 Å². The van der Waals surface area contributed by atoms with Crippen molar-refractivity contribution in [3.05, 3.63) is 105 Å². The first kappa shape index (κ1) is 30.2. The number of ketones is 1. The highest BCUT2D eigenvalue weighted by Gasteiger charge is 2.37. The van der Waals surface area contributed by atoms with E-state index in [0.717, 1.165) is 5.56 Å². The van der Waals surface area contributed by atoms with Crippen molar-refractivity contribution in [1.29, 1.82) is 0 Å². The fourth-order valence-corrected chi connectivity index (χ4v) is 3.81. The molecule has 0 spiro atoms. The lowest BCUT2D eigenvalue weighted by atomic mass is 9.79. The second-order valence-corrected chi connectivity index (χ2v) is 10.0. The number of hydrogen-bond acceptors (Lipinski definition) is 4. The van der Waals surface area contributed by atoms with E-state index in [1.54, 1.807) is 12.1 Å². The lowest BCUT2D eigenvalue weighted by Crippen LogP contribution is -2.41. The third kappa shape index (κ3) is 7.72. The molecule has 0 heterocycles. The van der Waals surface area contributed by atoms with Crippen molar-refractivity contribution in [1.82, 2.24) is 0 Å². The molecule has 0 aliphatic rings. The molecule has 1 atom stereocenters. The Balaban J connectivity index is 0.000000293. The minimum absolute atomic E-state index is 0.0948. The molecule has 0 bridgehead atoms. The summed E-state index contributed by atoms with van der Waals surface area (Å²) in [6.07, 6.45) is 1.44. The van der Waals surface area contributed by atoms with Crippen LogP contribution in [-0.4, -0.2) is 29.7 Å². The molecule has 3 rings (SSSR count). The quantitative estimate of drug-likeness (QED) is 0.0483. The van der Waals surface area contributed by atoms with E-state index in [1.165, 1.54) is 30.5 Å². The Morgan fingerprint density at radius 3 is 1.79 bits per heavy atom. The maximum atomic E-state index is 12.5. The Kier molecular flexibility index (Phi) is 9.52. The molecule has 3 aromatic rings. The SMILES string of the molecule is C[S+](=O)(C#Cc1ccccc1)CC(=O)c1ccc([N+](=O)[O-])cc1.Fc1c(F)c(F)c([B-](F)(F)F)c(F)c1F. The fraction of sp³-hybridized carbons (Fsp3) is 0.0870.